The van der Waals surface area contributed by atoms with Gasteiger partial charge in [-0.25, -0.2) is 13.1 Å². The molecular formula is C21H28N2O4S. The summed E-state index contributed by atoms with van der Waals surface area (Å²) in [7, 11) is -3.57. The van der Waals surface area contributed by atoms with E-state index in [4.69, 9.17) is 4.74 Å². The Kier molecular flexibility index (Phi) is 4.52. The molecule has 28 heavy (non-hydrogen) atoms. The first-order valence-corrected chi connectivity index (χ1v) is 12.0. The molecule has 4 saturated carbocycles. The zero-order valence-corrected chi connectivity index (χ0v) is 16.8. The Morgan fingerprint density at radius 1 is 1.00 bits per heavy atom. The number of sulfonamides is 1. The minimum atomic E-state index is -3.57. The van der Waals surface area contributed by atoms with Crippen molar-refractivity contribution >= 4 is 21.6 Å². The lowest BCUT2D eigenvalue weighted by Crippen LogP contribution is -2.59. The van der Waals surface area contributed by atoms with Crippen molar-refractivity contribution < 1.29 is 17.9 Å². The van der Waals surface area contributed by atoms with Crippen molar-refractivity contribution in [2.45, 2.75) is 67.9 Å². The predicted octanol–water partition coefficient (Wildman–Crippen LogP) is 3.05. The Morgan fingerprint density at radius 3 is 2.14 bits per heavy atom. The summed E-state index contributed by atoms with van der Waals surface area (Å²) in [6, 6.07) is 6.46. The van der Waals surface area contributed by atoms with Crippen LogP contribution >= 0.6 is 0 Å². The minimum absolute atomic E-state index is 0.167. The third kappa shape index (κ3) is 3.48. The van der Waals surface area contributed by atoms with Crippen molar-refractivity contribution in [3.05, 3.63) is 24.3 Å². The summed E-state index contributed by atoms with van der Waals surface area (Å²) in [6.45, 7) is 0.616. The molecule has 4 aliphatic carbocycles. The topological polar surface area (TPSA) is 84.5 Å². The molecule has 1 aliphatic heterocycles. The number of rotatable bonds is 5. The molecule has 7 heteroatoms. The maximum absolute atomic E-state index is 13.0. The average Bonchev–Trinajstić information content (AvgIpc) is 3.15. The number of anilines is 1. The molecule has 152 valence electrons. The van der Waals surface area contributed by atoms with Crippen molar-refractivity contribution in [1.82, 2.24) is 4.72 Å². The fraction of sp³-hybridized carbons (Fsp3) is 0.667. The Labute approximate surface area is 166 Å². The van der Waals surface area contributed by atoms with Crippen LogP contribution in [0, 0.1) is 17.8 Å². The zero-order valence-electron chi connectivity index (χ0n) is 16.0. The molecule has 6 nitrogen and oxygen atoms in total. The smallest absolute Gasteiger partial charge is 0.253 e. The maximum atomic E-state index is 13.0. The highest BCUT2D eigenvalue weighted by Crippen LogP contribution is 2.55. The lowest BCUT2D eigenvalue weighted by Gasteiger charge is -2.56. The van der Waals surface area contributed by atoms with Crippen LogP contribution in [0.1, 0.15) is 51.4 Å². The van der Waals surface area contributed by atoms with Gasteiger partial charge in [0.2, 0.25) is 10.0 Å². The van der Waals surface area contributed by atoms with E-state index in [1.165, 1.54) is 19.3 Å². The molecular weight excluding hydrogens is 376 g/mol. The minimum Gasteiger partial charge on any atom is -0.368 e. The third-order valence-electron chi connectivity index (χ3n) is 7.04. The predicted molar refractivity (Wildman–Crippen MR) is 105 cm³/mol. The van der Waals surface area contributed by atoms with E-state index in [-0.39, 0.29) is 16.3 Å². The molecule has 6 rings (SSSR count). The van der Waals surface area contributed by atoms with E-state index in [0.717, 1.165) is 32.1 Å². The third-order valence-corrected chi connectivity index (χ3v) is 8.64. The van der Waals surface area contributed by atoms with Gasteiger partial charge in [0.15, 0.2) is 0 Å². The molecule has 4 bridgehead atoms. The van der Waals surface area contributed by atoms with Gasteiger partial charge < -0.3 is 10.1 Å². The Hall–Kier alpha value is -1.44. The van der Waals surface area contributed by atoms with Gasteiger partial charge in [-0.15, -0.1) is 0 Å². The highest BCUT2D eigenvalue weighted by atomic mass is 32.2. The molecule has 1 saturated heterocycles. The highest BCUT2D eigenvalue weighted by molar-refractivity contribution is 7.89. The molecule has 0 aromatic heterocycles. The molecule has 1 aromatic carbocycles. The normalized spacial score (nSPS) is 36.6. The van der Waals surface area contributed by atoms with E-state index in [1.807, 2.05) is 0 Å². The second kappa shape index (κ2) is 6.82. The van der Waals surface area contributed by atoms with Gasteiger partial charge in [-0.3, -0.25) is 4.79 Å². The molecule has 1 aromatic rings. The number of hydrogen-bond acceptors (Lipinski definition) is 4. The molecule has 5 aliphatic rings. The second-order valence-electron chi connectivity index (χ2n) is 9.32. The fourth-order valence-corrected chi connectivity index (χ4v) is 7.74. The number of carbonyl (C=O) groups excluding carboxylic acids is 1. The van der Waals surface area contributed by atoms with Crippen molar-refractivity contribution in [3.8, 4) is 0 Å². The summed E-state index contributed by atoms with van der Waals surface area (Å²) in [6.07, 6.45) is 8.00. The van der Waals surface area contributed by atoms with Crippen LogP contribution in [-0.4, -0.2) is 32.6 Å². The summed E-state index contributed by atoms with van der Waals surface area (Å²) in [4.78, 5) is 12.4. The molecule has 1 amide bonds. The summed E-state index contributed by atoms with van der Waals surface area (Å²) >= 11 is 0. The van der Waals surface area contributed by atoms with Gasteiger partial charge in [0.05, 0.1) is 4.90 Å². The lowest BCUT2D eigenvalue weighted by molar-refractivity contribution is -0.124. The van der Waals surface area contributed by atoms with E-state index >= 15 is 0 Å². The second-order valence-corrected chi connectivity index (χ2v) is 11.0. The standard InChI is InChI=1S/C21H28N2O4S/c24-20(19-2-1-7-27-19)22-17-3-5-18(6-4-17)28(25,26)23-21-11-14-8-15(12-21)10-16(9-14)13-21/h3-6,14-16,19,23H,1-2,7-13H2,(H,22,24)/t14?,15?,16?,19-,21?/m0/s1. The molecule has 5 fully saturated rings. The van der Waals surface area contributed by atoms with Gasteiger partial charge in [-0.05, 0) is 93.4 Å². The van der Waals surface area contributed by atoms with Crippen LogP contribution < -0.4 is 10.0 Å². The first kappa shape index (κ1) is 18.6. The van der Waals surface area contributed by atoms with E-state index in [1.54, 1.807) is 24.3 Å². The van der Waals surface area contributed by atoms with Crippen molar-refractivity contribution in [3.63, 3.8) is 0 Å². The van der Waals surface area contributed by atoms with Gasteiger partial charge >= 0.3 is 0 Å². The highest BCUT2D eigenvalue weighted by Gasteiger charge is 2.52. The van der Waals surface area contributed by atoms with E-state index in [0.29, 0.717) is 30.0 Å². The summed E-state index contributed by atoms with van der Waals surface area (Å²) in [5.74, 6) is 1.89. The van der Waals surface area contributed by atoms with E-state index in [2.05, 4.69) is 10.0 Å². The first-order chi connectivity index (χ1) is 13.4. The monoisotopic (exact) mass is 404 g/mol. The van der Waals surface area contributed by atoms with Crippen LogP contribution in [0.15, 0.2) is 29.2 Å². The SMILES string of the molecule is O=C(Nc1ccc(S(=O)(=O)NC23CC4CC(CC(C4)C2)C3)cc1)[C@@H]1CCCO1. The largest absolute Gasteiger partial charge is 0.368 e. The van der Waals surface area contributed by atoms with Gasteiger partial charge in [-0.2, -0.15) is 0 Å². The molecule has 1 atom stereocenters. The Morgan fingerprint density at radius 2 is 1.61 bits per heavy atom. The summed E-state index contributed by atoms with van der Waals surface area (Å²) in [5, 5.41) is 2.81. The van der Waals surface area contributed by atoms with Crippen molar-refractivity contribution in [1.29, 1.82) is 0 Å². The van der Waals surface area contributed by atoms with Crippen LogP contribution in [0.25, 0.3) is 0 Å². The van der Waals surface area contributed by atoms with Crippen LogP contribution in [0.4, 0.5) is 5.69 Å². The molecule has 0 spiro atoms. The first-order valence-electron chi connectivity index (χ1n) is 10.5. The molecule has 2 N–H and O–H groups in total. The van der Waals surface area contributed by atoms with Crippen molar-refractivity contribution in [2.24, 2.45) is 17.8 Å². The van der Waals surface area contributed by atoms with Crippen LogP contribution in [0.5, 0.6) is 0 Å². The zero-order chi connectivity index (χ0) is 19.4. The number of benzene rings is 1. The molecule has 0 unspecified atom stereocenters. The Balaban J connectivity index is 1.28. The fourth-order valence-electron chi connectivity index (χ4n) is 6.30. The Bertz CT molecular complexity index is 824. The van der Waals surface area contributed by atoms with Crippen LogP contribution in [0.2, 0.25) is 0 Å². The molecule has 0 radical (unpaired) electrons. The summed E-state index contributed by atoms with van der Waals surface area (Å²) < 4.78 is 34.6. The molecule has 1 heterocycles. The number of nitrogens with one attached hydrogen (secondary N) is 2. The van der Waals surface area contributed by atoms with E-state index < -0.39 is 16.1 Å². The number of ether oxygens (including phenoxy) is 1. The van der Waals surface area contributed by atoms with Gasteiger partial charge in [0.1, 0.15) is 6.10 Å². The van der Waals surface area contributed by atoms with Crippen LogP contribution in [-0.2, 0) is 19.6 Å². The van der Waals surface area contributed by atoms with Gasteiger partial charge in [0, 0.05) is 17.8 Å². The van der Waals surface area contributed by atoms with E-state index in [9.17, 15) is 13.2 Å². The maximum Gasteiger partial charge on any atom is 0.253 e. The van der Waals surface area contributed by atoms with Crippen molar-refractivity contribution in [2.75, 3.05) is 11.9 Å². The van der Waals surface area contributed by atoms with Gasteiger partial charge in [-0.1, -0.05) is 0 Å². The number of hydrogen-bond donors (Lipinski definition) is 2. The van der Waals surface area contributed by atoms with Crippen LogP contribution in [0.3, 0.4) is 0 Å². The summed E-state index contributed by atoms with van der Waals surface area (Å²) in [5.41, 5.74) is 0.342. The lowest BCUT2D eigenvalue weighted by atomic mass is 9.53. The number of amides is 1. The average molecular weight is 405 g/mol. The van der Waals surface area contributed by atoms with Gasteiger partial charge in [0.25, 0.3) is 5.91 Å². The number of carbonyl (C=O) groups is 1. The quantitative estimate of drug-likeness (QED) is 0.790.